The van der Waals surface area contributed by atoms with Crippen molar-refractivity contribution in [2.24, 2.45) is 0 Å². The lowest BCUT2D eigenvalue weighted by molar-refractivity contribution is 0.0986. The summed E-state index contributed by atoms with van der Waals surface area (Å²) in [6.07, 6.45) is 5.19. The Hall–Kier alpha value is -2.74. The lowest BCUT2D eigenvalue weighted by atomic mass is 10.2. The summed E-state index contributed by atoms with van der Waals surface area (Å²) in [5.74, 6) is 1.70. The van der Waals surface area contributed by atoms with E-state index in [1.54, 1.807) is 12.4 Å². The summed E-state index contributed by atoms with van der Waals surface area (Å²) in [5.41, 5.74) is 7.26. The van der Waals surface area contributed by atoms with Gasteiger partial charge in [-0.1, -0.05) is 0 Å². The first-order valence-electron chi connectivity index (χ1n) is 7.50. The molecule has 0 unspecified atom stereocenters. The number of nitrogens with zero attached hydrogens (tertiary/aromatic N) is 6. The molecular formula is C15H17N7O. The summed E-state index contributed by atoms with van der Waals surface area (Å²) in [6.45, 7) is 4.32. The Balaban J connectivity index is 1.85. The summed E-state index contributed by atoms with van der Waals surface area (Å²) < 4.78 is 7.36. The molecule has 8 nitrogen and oxygen atoms in total. The Bertz CT molecular complexity index is 829. The van der Waals surface area contributed by atoms with Gasteiger partial charge in [-0.15, -0.1) is 5.10 Å². The highest BCUT2D eigenvalue weighted by atomic mass is 16.5. The lowest BCUT2D eigenvalue weighted by Gasteiger charge is -2.34. The monoisotopic (exact) mass is 311 g/mol. The number of aromatic nitrogens is 5. The zero-order valence-corrected chi connectivity index (χ0v) is 12.8. The molecule has 8 heteroatoms. The van der Waals surface area contributed by atoms with Crippen molar-refractivity contribution in [1.29, 1.82) is 0 Å². The molecule has 0 bridgehead atoms. The summed E-state index contributed by atoms with van der Waals surface area (Å²) >= 11 is 0. The lowest BCUT2D eigenvalue weighted by Crippen LogP contribution is -2.44. The smallest absolute Gasteiger partial charge is 0.219 e. The van der Waals surface area contributed by atoms with Crippen LogP contribution in [0, 0.1) is 0 Å². The number of nitrogen functional groups attached to an aromatic ring is 1. The van der Waals surface area contributed by atoms with Gasteiger partial charge in [0.1, 0.15) is 5.52 Å². The number of ether oxygens (including phenoxy) is 1. The minimum Gasteiger partial charge on any atom is -0.377 e. The maximum absolute atomic E-state index is 5.55. The molecule has 0 spiro atoms. The van der Waals surface area contributed by atoms with Gasteiger partial charge in [-0.2, -0.15) is 0 Å². The van der Waals surface area contributed by atoms with Gasteiger partial charge in [-0.05, 0) is 19.1 Å². The van der Waals surface area contributed by atoms with Crippen molar-refractivity contribution >= 4 is 17.3 Å². The van der Waals surface area contributed by atoms with E-state index in [0.29, 0.717) is 19.0 Å². The second-order valence-corrected chi connectivity index (χ2v) is 5.54. The zero-order chi connectivity index (χ0) is 15.8. The van der Waals surface area contributed by atoms with Gasteiger partial charge in [-0.25, -0.2) is 19.5 Å². The van der Waals surface area contributed by atoms with Gasteiger partial charge in [0.05, 0.1) is 24.8 Å². The largest absolute Gasteiger partial charge is 0.377 e. The Morgan fingerprint density at radius 1 is 1.30 bits per heavy atom. The van der Waals surface area contributed by atoms with E-state index in [1.807, 2.05) is 22.8 Å². The van der Waals surface area contributed by atoms with E-state index in [0.717, 1.165) is 23.4 Å². The van der Waals surface area contributed by atoms with E-state index in [4.69, 9.17) is 15.5 Å². The standard InChI is InChI=1S/C15H17N7O/c1-10-9-23-6-5-21(10)14-12-3-2-4-22(12)20-13(19-14)11-7-17-15(16)18-8-11/h2-4,7-8,10H,5-6,9H2,1H3,(H2,16,17,18)/t10-/m1/s1. The molecule has 1 aliphatic heterocycles. The van der Waals surface area contributed by atoms with Crippen LogP contribution in [0.1, 0.15) is 6.92 Å². The maximum atomic E-state index is 5.55. The Labute approximate surface area is 132 Å². The van der Waals surface area contributed by atoms with Crippen LogP contribution in [0.3, 0.4) is 0 Å². The first-order chi connectivity index (χ1) is 11.2. The molecule has 0 saturated carbocycles. The third kappa shape index (κ3) is 2.46. The summed E-state index contributed by atoms with van der Waals surface area (Å²) in [7, 11) is 0. The molecule has 2 N–H and O–H groups in total. The van der Waals surface area contributed by atoms with Crippen LogP contribution >= 0.6 is 0 Å². The highest BCUT2D eigenvalue weighted by Gasteiger charge is 2.23. The van der Waals surface area contributed by atoms with Gasteiger partial charge in [-0.3, -0.25) is 0 Å². The van der Waals surface area contributed by atoms with Crippen molar-refractivity contribution in [3.63, 3.8) is 0 Å². The third-order valence-electron chi connectivity index (χ3n) is 3.94. The molecule has 4 rings (SSSR count). The molecule has 118 valence electrons. The highest BCUT2D eigenvalue weighted by molar-refractivity contribution is 5.71. The van der Waals surface area contributed by atoms with Crippen LogP contribution in [-0.2, 0) is 4.74 Å². The molecule has 3 aromatic rings. The number of hydrogen-bond donors (Lipinski definition) is 1. The number of anilines is 2. The van der Waals surface area contributed by atoms with Crippen molar-refractivity contribution in [3.8, 4) is 11.4 Å². The van der Waals surface area contributed by atoms with Gasteiger partial charge < -0.3 is 15.4 Å². The van der Waals surface area contributed by atoms with Gasteiger partial charge in [0, 0.05) is 25.1 Å². The topological polar surface area (TPSA) is 94.5 Å². The predicted molar refractivity (Wildman–Crippen MR) is 86.1 cm³/mol. The summed E-state index contributed by atoms with van der Waals surface area (Å²) in [5, 5.41) is 4.54. The van der Waals surface area contributed by atoms with Crippen LogP contribution in [0.5, 0.6) is 0 Å². The molecule has 1 saturated heterocycles. The van der Waals surface area contributed by atoms with E-state index in [1.165, 1.54) is 0 Å². The molecule has 1 fully saturated rings. The van der Waals surface area contributed by atoms with Crippen LogP contribution in [0.4, 0.5) is 11.8 Å². The Morgan fingerprint density at radius 3 is 2.91 bits per heavy atom. The van der Waals surface area contributed by atoms with E-state index >= 15 is 0 Å². The second kappa shape index (κ2) is 5.47. The van der Waals surface area contributed by atoms with Crippen LogP contribution in [0.25, 0.3) is 16.9 Å². The zero-order valence-electron chi connectivity index (χ0n) is 12.8. The normalized spacial score (nSPS) is 18.5. The van der Waals surface area contributed by atoms with Gasteiger partial charge in [0.2, 0.25) is 5.95 Å². The van der Waals surface area contributed by atoms with Crippen LogP contribution < -0.4 is 10.6 Å². The number of nitrogens with two attached hydrogens (primary N) is 1. The molecule has 1 aliphatic rings. The average Bonchev–Trinajstić information content (AvgIpc) is 3.04. The van der Waals surface area contributed by atoms with Gasteiger partial charge in [0.25, 0.3) is 0 Å². The van der Waals surface area contributed by atoms with E-state index in [-0.39, 0.29) is 12.0 Å². The molecule has 23 heavy (non-hydrogen) atoms. The molecule has 0 radical (unpaired) electrons. The molecule has 1 atom stereocenters. The van der Waals surface area contributed by atoms with Crippen molar-refractivity contribution in [2.45, 2.75) is 13.0 Å². The molecule has 0 amide bonds. The fourth-order valence-electron chi connectivity index (χ4n) is 2.75. The van der Waals surface area contributed by atoms with Crippen molar-refractivity contribution in [1.82, 2.24) is 24.6 Å². The number of hydrogen-bond acceptors (Lipinski definition) is 7. The summed E-state index contributed by atoms with van der Waals surface area (Å²) in [6, 6.07) is 4.23. The van der Waals surface area contributed by atoms with E-state index in [2.05, 4.69) is 26.9 Å². The van der Waals surface area contributed by atoms with E-state index < -0.39 is 0 Å². The average molecular weight is 311 g/mol. The van der Waals surface area contributed by atoms with Gasteiger partial charge >= 0.3 is 0 Å². The molecular weight excluding hydrogens is 294 g/mol. The van der Waals surface area contributed by atoms with Crippen molar-refractivity contribution < 1.29 is 4.74 Å². The molecule has 0 aromatic carbocycles. The second-order valence-electron chi connectivity index (χ2n) is 5.54. The fraction of sp³-hybridized carbons (Fsp3) is 0.333. The maximum Gasteiger partial charge on any atom is 0.219 e. The molecule has 0 aliphatic carbocycles. The minimum absolute atomic E-state index is 0.234. The third-order valence-corrected chi connectivity index (χ3v) is 3.94. The van der Waals surface area contributed by atoms with Crippen molar-refractivity contribution in [2.75, 3.05) is 30.4 Å². The SMILES string of the molecule is C[C@@H]1COCCN1c1nc(-c2cnc(N)nc2)nn2cccc12. The van der Waals surface area contributed by atoms with Crippen LogP contribution in [0.2, 0.25) is 0 Å². The van der Waals surface area contributed by atoms with E-state index in [9.17, 15) is 0 Å². The highest BCUT2D eigenvalue weighted by Crippen LogP contribution is 2.25. The fourth-order valence-corrected chi connectivity index (χ4v) is 2.75. The minimum atomic E-state index is 0.234. The summed E-state index contributed by atoms with van der Waals surface area (Å²) in [4.78, 5) is 15.1. The first kappa shape index (κ1) is 13.9. The number of fused-ring (bicyclic) bond motifs is 1. The Morgan fingerprint density at radius 2 is 2.13 bits per heavy atom. The number of morpholine rings is 1. The van der Waals surface area contributed by atoms with Crippen LogP contribution in [0.15, 0.2) is 30.7 Å². The molecule has 4 heterocycles. The van der Waals surface area contributed by atoms with Crippen molar-refractivity contribution in [3.05, 3.63) is 30.7 Å². The predicted octanol–water partition coefficient (Wildman–Crippen LogP) is 0.994. The Kier molecular flexibility index (Phi) is 3.30. The quantitative estimate of drug-likeness (QED) is 0.754. The number of rotatable bonds is 2. The van der Waals surface area contributed by atoms with Crippen LogP contribution in [-0.4, -0.2) is 50.4 Å². The molecule has 3 aromatic heterocycles. The first-order valence-corrected chi connectivity index (χ1v) is 7.50. The van der Waals surface area contributed by atoms with Gasteiger partial charge in [0.15, 0.2) is 11.6 Å².